The third kappa shape index (κ3) is 3.33. The maximum absolute atomic E-state index is 11.3. The minimum atomic E-state index is -0.923. The summed E-state index contributed by atoms with van der Waals surface area (Å²) in [5.41, 5.74) is 0.578. The number of carbonyl (C=O) groups is 2. The number of furan rings is 1. The van der Waals surface area contributed by atoms with E-state index in [-0.39, 0.29) is 18.2 Å². The van der Waals surface area contributed by atoms with Crippen molar-refractivity contribution in [2.75, 3.05) is 7.11 Å². The van der Waals surface area contributed by atoms with Crippen LogP contribution in [0.4, 0.5) is 0 Å². The van der Waals surface area contributed by atoms with E-state index in [4.69, 9.17) is 9.52 Å². The predicted molar refractivity (Wildman–Crippen MR) is 63.1 cm³/mol. The van der Waals surface area contributed by atoms with Crippen LogP contribution in [0.2, 0.25) is 0 Å². The van der Waals surface area contributed by atoms with Crippen LogP contribution in [-0.4, -0.2) is 30.2 Å². The van der Waals surface area contributed by atoms with Gasteiger partial charge < -0.3 is 14.3 Å². The van der Waals surface area contributed by atoms with Crippen molar-refractivity contribution in [1.82, 2.24) is 5.32 Å². The summed E-state index contributed by atoms with van der Waals surface area (Å²) in [5.74, 6) is -1.46. The van der Waals surface area contributed by atoms with Crippen LogP contribution in [0.5, 0.6) is 0 Å². The highest BCUT2D eigenvalue weighted by Gasteiger charge is 2.22. The van der Waals surface area contributed by atoms with Gasteiger partial charge in [-0.3, -0.25) is 10.1 Å². The number of methoxy groups -OCH3 is 1. The Morgan fingerprint density at radius 1 is 1.50 bits per heavy atom. The first kappa shape index (κ1) is 14.2. The zero-order valence-electron chi connectivity index (χ0n) is 10.6. The number of esters is 1. The van der Waals surface area contributed by atoms with Crippen LogP contribution < -0.4 is 5.32 Å². The first-order chi connectivity index (χ1) is 8.47. The Hall–Kier alpha value is -1.82. The molecule has 0 radical (unpaired) electrons. The van der Waals surface area contributed by atoms with Gasteiger partial charge in [0.2, 0.25) is 5.76 Å². The van der Waals surface area contributed by atoms with Gasteiger partial charge in [-0.25, -0.2) is 4.79 Å². The SMILES string of the molecule is COC(=O)c1occc1CNC(C(=O)O)C(C)C. The number of ether oxygens (including phenoxy) is 1. The number of carboxylic acids is 1. The maximum atomic E-state index is 11.3. The summed E-state index contributed by atoms with van der Waals surface area (Å²) in [6, 6.07) is 0.934. The molecule has 1 aromatic heterocycles. The Morgan fingerprint density at radius 3 is 2.67 bits per heavy atom. The average molecular weight is 255 g/mol. The number of rotatable bonds is 6. The summed E-state index contributed by atoms with van der Waals surface area (Å²) in [7, 11) is 1.26. The molecule has 1 aromatic rings. The van der Waals surface area contributed by atoms with Gasteiger partial charge in [0.25, 0.3) is 0 Å². The molecule has 2 N–H and O–H groups in total. The van der Waals surface area contributed by atoms with Gasteiger partial charge in [0.1, 0.15) is 6.04 Å². The molecular formula is C12H17NO5. The van der Waals surface area contributed by atoms with Gasteiger partial charge in [-0.05, 0) is 12.0 Å². The summed E-state index contributed by atoms with van der Waals surface area (Å²) < 4.78 is 9.57. The smallest absolute Gasteiger partial charge is 0.374 e. The van der Waals surface area contributed by atoms with E-state index in [2.05, 4.69) is 10.1 Å². The lowest BCUT2D eigenvalue weighted by molar-refractivity contribution is -0.140. The van der Waals surface area contributed by atoms with E-state index in [0.29, 0.717) is 5.56 Å². The van der Waals surface area contributed by atoms with Crippen molar-refractivity contribution < 1.29 is 23.8 Å². The molecule has 100 valence electrons. The second-order valence-electron chi connectivity index (χ2n) is 4.21. The van der Waals surface area contributed by atoms with E-state index in [1.54, 1.807) is 6.07 Å². The topological polar surface area (TPSA) is 88.8 Å². The average Bonchev–Trinajstić information content (AvgIpc) is 2.75. The molecule has 0 saturated carbocycles. The molecule has 0 aliphatic heterocycles. The maximum Gasteiger partial charge on any atom is 0.374 e. The fourth-order valence-electron chi connectivity index (χ4n) is 1.57. The van der Waals surface area contributed by atoms with Gasteiger partial charge in [0, 0.05) is 12.1 Å². The molecule has 6 heteroatoms. The van der Waals surface area contributed by atoms with Crippen LogP contribution >= 0.6 is 0 Å². The van der Waals surface area contributed by atoms with Gasteiger partial charge in [0.05, 0.1) is 13.4 Å². The van der Waals surface area contributed by atoms with Crippen LogP contribution in [-0.2, 0) is 16.1 Å². The molecule has 0 saturated heterocycles. The van der Waals surface area contributed by atoms with Crippen LogP contribution in [0.3, 0.4) is 0 Å². The summed E-state index contributed by atoms with van der Waals surface area (Å²) in [4.78, 5) is 22.3. The first-order valence-electron chi connectivity index (χ1n) is 5.58. The van der Waals surface area contributed by atoms with Crippen LogP contribution in [0.15, 0.2) is 16.7 Å². The number of carbonyl (C=O) groups excluding carboxylic acids is 1. The monoisotopic (exact) mass is 255 g/mol. The fourth-order valence-corrected chi connectivity index (χ4v) is 1.57. The third-order valence-electron chi connectivity index (χ3n) is 2.56. The van der Waals surface area contributed by atoms with E-state index < -0.39 is 18.0 Å². The lowest BCUT2D eigenvalue weighted by Gasteiger charge is -2.17. The molecule has 1 rings (SSSR count). The number of aliphatic carboxylic acids is 1. The van der Waals surface area contributed by atoms with Gasteiger partial charge in [-0.2, -0.15) is 0 Å². The molecule has 0 fully saturated rings. The molecule has 1 heterocycles. The lowest BCUT2D eigenvalue weighted by Crippen LogP contribution is -2.40. The minimum absolute atomic E-state index is 0.0593. The molecule has 0 aromatic carbocycles. The largest absolute Gasteiger partial charge is 0.480 e. The Morgan fingerprint density at radius 2 is 2.17 bits per heavy atom. The number of hydrogen-bond donors (Lipinski definition) is 2. The van der Waals surface area contributed by atoms with Crippen LogP contribution in [0.1, 0.15) is 30.0 Å². The van der Waals surface area contributed by atoms with E-state index in [1.165, 1.54) is 13.4 Å². The number of nitrogens with one attached hydrogen (secondary N) is 1. The van der Waals surface area contributed by atoms with Gasteiger partial charge in [0.15, 0.2) is 0 Å². The normalized spacial score (nSPS) is 12.4. The van der Waals surface area contributed by atoms with Crippen molar-refractivity contribution in [3.63, 3.8) is 0 Å². The molecule has 0 aliphatic rings. The minimum Gasteiger partial charge on any atom is -0.480 e. The van der Waals surface area contributed by atoms with Crippen molar-refractivity contribution in [3.8, 4) is 0 Å². The lowest BCUT2D eigenvalue weighted by atomic mass is 10.0. The van der Waals surface area contributed by atoms with Gasteiger partial charge >= 0.3 is 11.9 Å². The molecule has 18 heavy (non-hydrogen) atoms. The van der Waals surface area contributed by atoms with Crippen molar-refractivity contribution in [1.29, 1.82) is 0 Å². The number of carboxylic acid groups (broad SMARTS) is 1. The molecule has 6 nitrogen and oxygen atoms in total. The van der Waals surface area contributed by atoms with E-state index in [1.807, 2.05) is 13.8 Å². The van der Waals surface area contributed by atoms with E-state index >= 15 is 0 Å². The van der Waals surface area contributed by atoms with Crippen molar-refractivity contribution in [3.05, 3.63) is 23.7 Å². The molecule has 1 unspecified atom stereocenters. The van der Waals surface area contributed by atoms with E-state index in [9.17, 15) is 9.59 Å². The first-order valence-corrected chi connectivity index (χ1v) is 5.58. The number of hydrogen-bond acceptors (Lipinski definition) is 5. The Labute approximate surface area is 105 Å². The van der Waals surface area contributed by atoms with Crippen LogP contribution in [0, 0.1) is 5.92 Å². The molecule has 0 amide bonds. The standard InChI is InChI=1S/C12H17NO5/c1-7(2)9(11(14)15)13-6-8-4-5-18-10(8)12(16)17-3/h4-5,7,9,13H,6H2,1-3H3,(H,14,15). The molecule has 1 atom stereocenters. The predicted octanol–water partition coefficient (Wildman–Crippen LogP) is 1.26. The van der Waals surface area contributed by atoms with Gasteiger partial charge in [-0.15, -0.1) is 0 Å². The fraction of sp³-hybridized carbons (Fsp3) is 0.500. The molecule has 0 aliphatic carbocycles. The van der Waals surface area contributed by atoms with Crippen molar-refractivity contribution in [2.45, 2.75) is 26.4 Å². The summed E-state index contributed by atoms with van der Waals surface area (Å²) in [6.07, 6.45) is 1.37. The Kier molecular flexibility index (Phi) is 4.91. The van der Waals surface area contributed by atoms with Crippen LogP contribution in [0.25, 0.3) is 0 Å². The van der Waals surface area contributed by atoms with Gasteiger partial charge in [-0.1, -0.05) is 13.8 Å². The summed E-state index contributed by atoms with van der Waals surface area (Å²) in [6.45, 7) is 3.85. The zero-order chi connectivity index (χ0) is 13.7. The molecule has 0 bridgehead atoms. The highest BCUT2D eigenvalue weighted by atomic mass is 16.5. The zero-order valence-corrected chi connectivity index (χ0v) is 10.6. The Bertz CT molecular complexity index is 424. The van der Waals surface area contributed by atoms with Crippen molar-refractivity contribution in [2.24, 2.45) is 5.92 Å². The second-order valence-corrected chi connectivity index (χ2v) is 4.21. The second kappa shape index (κ2) is 6.20. The summed E-state index contributed by atoms with van der Waals surface area (Å²) >= 11 is 0. The highest BCUT2D eigenvalue weighted by Crippen LogP contribution is 2.12. The quantitative estimate of drug-likeness (QED) is 0.744. The molecular weight excluding hydrogens is 238 g/mol. The third-order valence-corrected chi connectivity index (χ3v) is 2.56. The van der Waals surface area contributed by atoms with Crippen molar-refractivity contribution >= 4 is 11.9 Å². The summed E-state index contributed by atoms with van der Waals surface area (Å²) in [5, 5.41) is 11.9. The Balaban J connectivity index is 2.71. The highest BCUT2D eigenvalue weighted by molar-refractivity contribution is 5.87. The van der Waals surface area contributed by atoms with E-state index in [0.717, 1.165) is 0 Å². The molecule has 0 spiro atoms.